The summed E-state index contributed by atoms with van der Waals surface area (Å²) in [5.74, 6) is 0.834. The fourth-order valence-corrected chi connectivity index (χ4v) is 2.48. The van der Waals surface area contributed by atoms with Crippen molar-refractivity contribution < 1.29 is 0 Å². The average molecular weight is 295 g/mol. The summed E-state index contributed by atoms with van der Waals surface area (Å²) < 4.78 is 1.88. The minimum Gasteiger partial charge on any atom is -0.353 e. The first-order valence-corrected chi connectivity index (χ1v) is 7.56. The summed E-state index contributed by atoms with van der Waals surface area (Å²) in [6.07, 6.45) is 10.4. The molecule has 0 saturated heterocycles. The number of hydrogen-bond acceptors (Lipinski definition) is 2. The van der Waals surface area contributed by atoms with Crippen LogP contribution in [-0.2, 0) is 6.54 Å². The van der Waals surface area contributed by atoms with Gasteiger partial charge in [-0.2, -0.15) is 5.10 Å². The van der Waals surface area contributed by atoms with Gasteiger partial charge in [-0.05, 0) is 25.0 Å². The van der Waals surface area contributed by atoms with Crippen LogP contribution in [0.15, 0.2) is 59.9 Å². The van der Waals surface area contributed by atoms with Crippen molar-refractivity contribution in [1.82, 2.24) is 20.4 Å². The van der Waals surface area contributed by atoms with Crippen LogP contribution in [0.2, 0.25) is 0 Å². The third-order valence-electron chi connectivity index (χ3n) is 3.69. The molecule has 0 unspecified atom stereocenters. The topological polar surface area (TPSA) is 54.2 Å². The Morgan fingerprint density at radius 1 is 1.27 bits per heavy atom. The summed E-state index contributed by atoms with van der Waals surface area (Å²) in [4.78, 5) is 4.27. The summed E-state index contributed by atoms with van der Waals surface area (Å²) in [6, 6.07) is 10.6. The van der Waals surface area contributed by atoms with Crippen molar-refractivity contribution in [2.75, 3.05) is 7.05 Å². The zero-order valence-corrected chi connectivity index (χ0v) is 12.7. The first-order chi connectivity index (χ1) is 10.8. The highest BCUT2D eigenvalue weighted by Crippen LogP contribution is 2.09. The van der Waals surface area contributed by atoms with Crippen LogP contribution in [0, 0.1) is 0 Å². The van der Waals surface area contributed by atoms with Crippen LogP contribution >= 0.6 is 0 Å². The third kappa shape index (κ3) is 3.55. The Bertz CT molecular complexity index is 649. The molecule has 1 aromatic carbocycles. The van der Waals surface area contributed by atoms with Crippen molar-refractivity contribution in [3.8, 4) is 5.69 Å². The fraction of sp³-hybridized carbons (Fsp3) is 0.294. The van der Waals surface area contributed by atoms with E-state index in [1.165, 1.54) is 0 Å². The highest BCUT2D eigenvalue weighted by atomic mass is 15.3. The molecule has 0 saturated carbocycles. The lowest BCUT2D eigenvalue weighted by atomic mass is 10.2. The molecular weight excluding hydrogens is 274 g/mol. The third-order valence-corrected chi connectivity index (χ3v) is 3.69. The highest BCUT2D eigenvalue weighted by Gasteiger charge is 2.11. The Kier molecular flexibility index (Phi) is 4.53. The number of nitrogens with one attached hydrogen (secondary N) is 2. The van der Waals surface area contributed by atoms with Gasteiger partial charge in [-0.3, -0.25) is 4.99 Å². The second-order valence-electron chi connectivity index (χ2n) is 5.34. The molecule has 3 rings (SSSR count). The van der Waals surface area contributed by atoms with E-state index in [1.807, 2.05) is 47.4 Å². The van der Waals surface area contributed by atoms with Gasteiger partial charge in [0.15, 0.2) is 5.96 Å². The first kappa shape index (κ1) is 14.4. The van der Waals surface area contributed by atoms with Gasteiger partial charge in [-0.1, -0.05) is 30.4 Å². The molecule has 0 spiro atoms. The van der Waals surface area contributed by atoms with Crippen molar-refractivity contribution in [2.45, 2.75) is 25.4 Å². The lowest BCUT2D eigenvalue weighted by Crippen LogP contribution is -2.42. The summed E-state index contributed by atoms with van der Waals surface area (Å²) in [7, 11) is 1.80. The van der Waals surface area contributed by atoms with Crippen molar-refractivity contribution in [3.05, 3.63) is 60.4 Å². The fourth-order valence-electron chi connectivity index (χ4n) is 2.48. The number of guanidine groups is 1. The number of aromatic nitrogens is 2. The number of rotatable bonds is 4. The Morgan fingerprint density at radius 2 is 2.05 bits per heavy atom. The van der Waals surface area contributed by atoms with Crippen LogP contribution in [0.3, 0.4) is 0 Å². The van der Waals surface area contributed by atoms with E-state index in [9.17, 15) is 0 Å². The standard InChI is InChI=1S/C17H21N5/c1-18-17(21-15-7-5-6-8-15)19-11-14-12-20-22(13-14)16-9-3-2-4-10-16/h2-6,9-10,12-13,15H,7-8,11H2,1H3,(H2,18,19,21). The number of nitrogens with zero attached hydrogens (tertiary/aromatic N) is 3. The highest BCUT2D eigenvalue weighted by molar-refractivity contribution is 5.80. The number of para-hydroxylation sites is 1. The van der Waals surface area contributed by atoms with E-state index in [0.29, 0.717) is 12.6 Å². The van der Waals surface area contributed by atoms with Crippen molar-refractivity contribution in [2.24, 2.45) is 4.99 Å². The number of hydrogen-bond donors (Lipinski definition) is 2. The predicted octanol–water partition coefficient (Wildman–Crippen LogP) is 2.26. The molecule has 0 atom stereocenters. The minimum atomic E-state index is 0.457. The molecule has 5 nitrogen and oxygen atoms in total. The Balaban J connectivity index is 1.56. The lowest BCUT2D eigenvalue weighted by molar-refractivity contribution is 0.633. The monoisotopic (exact) mass is 295 g/mol. The van der Waals surface area contributed by atoms with Gasteiger partial charge in [0.05, 0.1) is 11.9 Å². The molecular formula is C17H21N5. The molecule has 2 aromatic rings. The Labute approximate surface area is 130 Å². The van der Waals surface area contributed by atoms with Gasteiger partial charge in [0.1, 0.15) is 0 Å². The molecule has 1 aliphatic carbocycles. The molecule has 5 heteroatoms. The smallest absolute Gasteiger partial charge is 0.191 e. The Morgan fingerprint density at radius 3 is 2.77 bits per heavy atom. The summed E-state index contributed by atoms with van der Waals surface area (Å²) in [6.45, 7) is 0.701. The van der Waals surface area contributed by atoms with E-state index in [1.54, 1.807) is 7.05 Å². The molecule has 0 fully saturated rings. The number of benzene rings is 1. The van der Waals surface area contributed by atoms with E-state index in [-0.39, 0.29) is 0 Å². The van der Waals surface area contributed by atoms with Gasteiger partial charge < -0.3 is 10.6 Å². The normalized spacial score (nSPS) is 15.2. The SMILES string of the molecule is CN=C(NCc1cnn(-c2ccccc2)c1)NC1CC=CC1. The van der Waals surface area contributed by atoms with Crippen LogP contribution in [0.25, 0.3) is 5.69 Å². The first-order valence-electron chi connectivity index (χ1n) is 7.56. The van der Waals surface area contributed by atoms with Crippen LogP contribution in [0.4, 0.5) is 0 Å². The van der Waals surface area contributed by atoms with Crippen molar-refractivity contribution in [3.63, 3.8) is 0 Å². The van der Waals surface area contributed by atoms with Gasteiger partial charge >= 0.3 is 0 Å². The molecule has 0 aliphatic heterocycles. The van der Waals surface area contributed by atoms with Gasteiger partial charge in [-0.15, -0.1) is 0 Å². The van der Waals surface area contributed by atoms with Crippen LogP contribution in [0.5, 0.6) is 0 Å². The summed E-state index contributed by atoms with van der Waals surface area (Å²) in [5, 5.41) is 11.2. The molecule has 0 amide bonds. The minimum absolute atomic E-state index is 0.457. The maximum Gasteiger partial charge on any atom is 0.191 e. The second kappa shape index (κ2) is 6.93. The van der Waals surface area contributed by atoms with E-state index in [2.05, 4.69) is 32.9 Å². The van der Waals surface area contributed by atoms with E-state index in [0.717, 1.165) is 30.1 Å². The molecule has 0 bridgehead atoms. The zero-order valence-electron chi connectivity index (χ0n) is 12.7. The summed E-state index contributed by atoms with van der Waals surface area (Å²) >= 11 is 0. The molecule has 0 radical (unpaired) electrons. The van der Waals surface area contributed by atoms with Crippen LogP contribution in [0.1, 0.15) is 18.4 Å². The van der Waals surface area contributed by atoms with Gasteiger partial charge in [0.25, 0.3) is 0 Å². The van der Waals surface area contributed by atoms with E-state index in [4.69, 9.17) is 0 Å². The Hall–Kier alpha value is -2.56. The summed E-state index contributed by atoms with van der Waals surface area (Å²) in [5.41, 5.74) is 2.18. The maximum absolute atomic E-state index is 4.40. The van der Waals surface area contributed by atoms with Gasteiger partial charge in [0.2, 0.25) is 0 Å². The van der Waals surface area contributed by atoms with Crippen molar-refractivity contribution in [1.29, 1.82) is 0 Å². The molecule has 114 valence electrons. The molecule has 1 heterocycles. The zero-order chi connectivity index (χ0) is 15.2. The quantitative estimate of drug-likeness (QED) is 0.517. The second-order valence-corrected chi connectivity index (χ2v) is 5.34. The van der Waals surface area contributed by atoms with Gasteiger partial charge in [0, 0.05) is 31.4 Å². The van der Waals surface area contributed by atoms with E-state index >= 15 is 0 Å². The molecule has 22 heavy (non-hydrogen) atoms. The molecule has 2 N–H and O–H groups in total. The van der Waals surface area contributed by atoms with Gasteiger partial charge in [-0.25, -0.2) is 4.68 Å². The van der Waals surface area contributed by atoms with Crippen LogP contribution in [-0.4, -0.2) is 28.8 Å². The maximum atomic E-state index is 4.40. The van der Waals surface area contributed by atoms with Crippen LogP contribution < -0.4 is 10.6 Å². The predicted molar refractivity (Wildman–Crippen MR) is 89.1 cm³/mol. The largest absolute Gasteiger partial charge is 0.353 e. The number of aliphatic imine (C=N–C) groups is 1. The van der Waals surface area contributed by atoms with Crippen molar-refractivity contribution >= 4 is 5.96 Å². The average Bonchev–Trinajstić information content (AvgIpc) is 3.24. The van der Waals surface area contributed by atoms with E-state index < -0.39 is 0 Å². The molecule has 1 aromatic heterocycles. The molecule has 1 aliphatic rings. The lowest BCUT2D eigenvalue weighted by Gasteiger charge is -2.16.